The Bertz CT molecular complexity index is 423. The summed E-state index contributed by atoms with van der Waals surface area (Å²) in [5.41, 5.74) is 4.36. The van der Waals surface area contributed by atoms with Crippen molar-refractivity contribution in [3.8, 4) is 0 Å². The highest BCUT2D eigenvalue weighted by Gasteiger charge is 2.31. The molecule has 2 N–H and O–H groups in total. The number of carbonyl (C=O) groups is 1. The Balaban J connectivity index is 2.87. The van der Waals surface area contributed by atoms with Crippen LogP contribution in [0, 0.1) is 0 Å². The number of alkyl halides is 3. The average molecular weight is 266 g/mol. The summed E-state index contributed by atoms with van der Waals surface area (Å²) in [6.07, 6.45) is -4.49. The van der Waals surface area contributed by atoms with Crippen LogP contribution in [0.15, 0.2) is 17.2 Å². The molecule has 1 rings (SSSR count). The van der Waals surface area contributed by atoms with Gasteiger partial charge in [0.1, 0.15) is 5.82 Å². The van der Waals surface area contributed by atoms with Crippen molar-refractivity contribution in [3.05, 3.63) is 17.7 Å². The van der Waals surface area contributed by atoms with Crippen molar-refractivity contribution >= 4 is 23.5 Å². The molecule has 0 spiro atoms. The SMILES string of the molecule is COC(=O)CSc1cc(C(F)(F)F)cc(N)n1. The maximum Gasteiger partial charge on any atom is 0.416 e. The van der Waals surface area contributed by atoms with Gasteiger partial charge in [0.15, 0.2) is 0 Å². The first-order valence-corrected chi connectivity index (χ1v) is 5.36. The maximum absolute atomic E-state index is 12.4. The van der Waals surface area contributed by atoms with Gasteiger partial charge in [-0.15, -0.1) is 0 Å². The molecule has 0 saturated heterocycles. The van der Waals surface area contributed by atoms with Gasteiger partial charge >= 0.3 is 12.1 Å². The molecule has 0 unspecified atom stereocenters. The van der Waals surface area contributed by atoms with Crippen molar-refractivity contribution in [3.63, 3.8) is 0 Å². The fourth-order valence-electron chi connectivity index (χ4n) is 0.955. The molecule has 0 fully saturated rings. The lowest BCUT2D eigenvalue weighted by Crippen LogP contribution is -2.08. The third-order valence-electron chi connectivity index (χ3n) is 1.71. The van der Waals surface area contributed by atoms with Crippen LogP contribution in [0.25, 0.3) is 0 Å². The number of methoxy groups -OCH3 is 1. The molecule has 0 radical (unpaired) electrons. The zero-order valence-electron chi connectivity index (χ0n) is 8.75. The molecule has 0 bridgehead atoms. The van der Waals surface area contributed by atoms with E-state index in [2.05, 4.69) is 9.72 Å². The van der Waals surface area contributed by atoms with Crippen LogP contribution in [0.1, 0.15) is 5.56 Å². The zero-order valence-corrected chi connectivity index (χ0v) is 9.56. The predicted molar refractivity (Wildman–Crippen MR) is 56.4 cm³/mol. The normalized spacial score (nSPS) is 11.3. The first-order valence-electron chi connectivity index (χ1n) is 4.37. The second kappa shape index (κ2) is 5.26. The van der Waals surface area contributed by atoms with Gasteiger partial charge < -0.3 is 10.5 Å². The van der Waals surface area contributed by atoms with E-state index >= 15 is 0 Å². The van der Waals surface area contributed by atoms with Gasteiger partial charge in [-0.2, -0.15) is 13.2 Å². The van der Waals surface area contributed by atoms with Crippen LogP contribution in [0.5, 0.6) is 0 Å². The molecule has 1 aromatic heterocycles. The number of thioether (sulfide) groups is 1. The van der Waals surface area contributed by atoms with Gasteiger partial charge in [0.25, 0.3) is 0 Å². The number of anilines is 1. The highest BCUT2D eigenvalue weighted by molar-refractivity contribution is 7.99. The Hall–Kier alpha value is -1.44. The smallest absolute Gasteiger partial charge is 0.416 e. The van der Waals surface area contributed by atoms with E-state index in [4.69, 9.17) is 5.73 Å². The molecule has 0 aliphatic heterocycles. The Morgan fingerprint density at radius 3 is 2.71 bits per heavy atom. The number of hydrogen-bond acceptors (Lipinski definition) is 5. The summed E-state index contributed by atoms with van der Waals surface area (Å²) in [5, 5.41) is 0.0303. The molecule has 17 heavy (non-hydrogen) atoms. The molecular weight excluding hydrogens is 257 g/mol. The maximum atomic E-state index is 12.4. The van der Waals surface area contributed by atoms with Crippen LogP contribution in [0.2, 0.25) is 0 Å². The lowest BCUT2D eigenvalue weighted by molar-refractivity contribution is -0.138. The van der Waals surface area contributed by atoms with Crippen molar-refractivity contribution in [2.24, 2.45) is 0 Å². The van der Waals surface area contributed by atoms with Gasteiger partial charge in [-0.3, -0.25) is 4.79 Å². The summed E-state index contributed by atoms with van der Waals surface area (Å²) in [6.45, 7) is 0. The number of esters is 1. The summed E-state index contributed by atoms with van der Waals surface area (Å²) >= 11 is 0.832. The first kappa shape index (κ1) is 13.6. The second-order valence-corrected chi connectivity index (χ2v) is 3.98. The van der Waals surface area contributed by atoms with E-state index in [0.29, 0.717) is 0 Å². The minimum atomic E-state index is -4.49. The van der Waals surface area contributed by atoms with Crippen molar-refractivity contribution in [2.75, 3.05) is 18.6 Å². The summed E-state index contributed by atoms with van der Waals surface area (Å²) in [4.78, 5) is 14.5. The van der Waals surface area contributed by atoms with Crippen molar-refractivity contribution < 1.29 is 22.7 Å². The molecule has 4 nitrogen and oxygen atoms in total. The lowest BCUT2D eigenvalue weighted by atomic mass is 10.2. The molecule has 0 amide bonds. The second-order valence-electron chi connectivity index (χ2n) is 2.98. The third-order valence-corrected chi connectivity index (χ3v) is 2.60. The summed E-state index contributed by atoms with van der Waals surface area (Å²) < 4.78 is 41.6. The topological polar surface area (TPSA) is 65.2 Å². The fourth-order valence-corrected chi connectivity index (χ4v) is 1.72. The molecular formula is C9H9F3N2O2S. The zero-order chi connectivity index (χ0) is 13.1. The number of rotatable bonds is 3. The summed E-state index contributed by atoms with van der Waals surface area (Å²) in [7, 11) is 1.19. The molecule has 1 aromatic rings. The van der Waals surface area contributed by atoms with Crippen LogP contribution < -0.4 is 5.73 Å². The van der Waals surface area contributed by atoms with Gasteiger partial charge in [0.05, 0.1) is 23.5 Å². The van der Waals surface area contributed by atoms with Crippen LogP contribution >= 0.6 is 11.8 Å². The predicted octanol–water partition coefficient (Wildman–Crippen LogP) is 1.95. The standard InChI is InChI=1S/C9H9F3N2O2S/c1-16-8(15)4-17-7-3-5(9(10,11)12)2-6(13)14-7/h2-3H,4H2,1H3,(H2,13,14). The molecule has 0 aliphatic rings. The number of nitrogens with two attached hydrogens (primary N) is 1. The highest BCUT2D eigenvalue weighted by Crippen LogP contribution is 2.32. The average Bonchev–Trinajstić information content (AvgIpc) is 2.24. The van der Waals surface area contributed by atoms with E-state index in [1.807, 2.05) is 0 Å². The quantitative estimate of drug-likeness (QED) is 0.669. The van der Waals surface area contributed by atoms with Crippen LogP contribution in [0.3, 0.4) is 0 Å². The Labute approximate surface area is 99.3 Å². The fraction of sp³-hybridized carbons (Fsp3) is 0.333. The lowest BCUT2D eigenvalue weighted by Gasteiger charge is -2.09. The molecule has 1 heterocycles. The number of hydrogen-bond donors (Lipinski definition) is 1. The van der Waals surface area contributed by atoms with Gasteiger partial charge in [-0.1, -0.05) is 11.8 Å². The van der Waals surface area contributed by atoms with Gasteiger partial charge in [0, 0.05) is 0 Å². The van der Waals surface area contributed by atoms with Gasteiger partial charge in [-0.05, 0) is 12.1 Å². The van der Waals surface area contributed by atoms with E-state index in [1.54, 1.807) is 0 Å². The molecule has 8 heteroatoms. The van der Waals surface area contributed by atoms with Crippen LogP contribution in [0.4, 0.5) is 19.0 Å². The van der Waals surface area contributed by atoms with Crippen LogP contribution in [-0.4, -0.2) is 23.8 Å². The number of pyridine rings is 1. The van der Waals surface area contributed by atoms with E-state index in [9.17, 15) is 18.0 Å². The Morgan fingerprint density at radius 1 is 1.53 bits per heavy atom. The minimum Gasteiger partial charge on any atom is -0.468 e. The molecule has 94 valence electrons. The van der Waals surface area contributed by atoms with E-state index < -0.39 is 17.7 Å². The number of nitrogen functional groups attached to an aromatic ring is 1. The molecule has 0 saturated carbocycles. The van der Waals surface area contributed by atoms with E-state index in [0.717, 1.165) is 23.9 Å². The van der Waals surface area contributed by atoms with E-state index in [-0.39, 0.29) is 16.6 Å². The van der Waals surface area contributed by atoms with Gasteiger partial charge in [-0.25, -0.2) is 4.98 Å². The molecule has 0 aromatic carbocycles. The Morgan fingerprint density at radius 2 is 2.18 bits per heavy atom. The monoisotopic (exact) mass is 266 g/mol. The van der Waals surface area contributed by atoms with E-state index in [1.165, 1.54) is 7.11 Å². The summed E-state index contributed by atoms with van der Waals surface area (Å²) in [5.74, 6) is -0.912. The first-order chi connectivity index (χ1) is 7.82. The molecule has 0 atom stereocenters. The number of nitrogens with zero attached hydrogens (tertiary/aromatic N) is 1. The Kier molecular flexibility index (Phi) is 4.22. The minimum absolute atomic E-state index is 0.0303. The number of aromatic nitrogens is 1. The van der Waals surface area contributed by atoms with Crippen molar-refractivity contribution in [1.29, 1.82) is 0 Å². The number of carbonyl (C=O) groups excluding carboxylic acids is 1. The third kappa shape index (κ3) is 4.14. The molecule has 0 aliphatic carbocycles. The number of ether oxygens (including phenoxy) is 1. The van der Waals surface area contributed by atoms with Crippen molar-refractivity contribution in [1.82, 2.24) is 4.98 Å². The largest absolute Gasteiger partial charge is 0.468 e. The van der Waals surface area contributed by atoms with Crippen LogP contribution in [-0.2, 0) is 15.7 Å². The summed E-state index contributed by atoms with van der Waals surface area (Å²) in [6, 6.07) is 1.58. The van der Waals surface area contributed by atoms with Crippen molar-refractivity contribution in [2.45, 2.75) is 11.2 Å². The highest BCUT2D eigenvalue weighted by atomic mass is 32.2. The number of halogens is 3. The van der Waals surface area contributed by atoms with Gasteiger partial charge in [0.2, 0.25) is 0 Å².